The van der Waals surface area contributed by atoms with E-state index < -0.39 is 0 Å². The summed E-state index contributed by atoms with van der Waals surface area (Å²) in [4.78, 5) is 18.3. The minimum Gasteiger partial charge on any atom is -0.354 e. The number of hydrogen-bond acceptors (Lipinski definition) is 4. The van der Waals surface area contributed by atoms with E-state index in [1.165, 1.54) is 6.42 Å². The summed E-state index contributed by atoms with van der Waals surface area (Å²) in [6, 6.07) is 0.434. The molecule has 1 amide bonds. The van der Waals surface area contributed by atoms with Crippen LogP contribution in [0.5, 0.6) is 0 Å². The van der Waals surface area contributed by atoms with Gasteiger partial charge in [-0.05, 0) is 25.7 Å². The van der Waals surface area contributed by atoms with Gasteiger partial charge in [-0.1, -0.05) is 0 Å². The van der Waals surface area contributed by atoms with Gasteiger partial charge in [0.1, 0.15) is 0 Å². The lowest BCUT2D eigenvalue weighted by atomic mass is 10.2. The van der Waals surface area contributed by atoms with Gasteiger partial charge >= 0.3 is 0 Å². The molecule has 0 radical (unpaired) electrons. The lowest BCUT2D eigenvalue weighted by Gasteiger charge is -2.24. The van der Waals surface area contributed by atoms with Gasteiger partial charge in [0.25, 0.3) is 0 Å². The molecular weight excluding hydrogens is 234 g/mol. The molecule has 1 aliphatic carbocycles. The van der Waals surface area contributed by atoms with Crippen LogP contribution < -0.4 is 10.2 Å². The number of thiazole rings is 1. The van der Waals surface area contributed by atoms with Crippen LogP contribution in [0.2, 0.25) is 0 Å². The molecule has 2 aliphatic rings. The number of nitrogens with zero attached hydrogens (tertiary/aromatic N) is 2. The van der Waals surface area contributed by atoms with Crippen LogP contribution in [-0.2, 0) is 4.79 Å². The Morgan fingerprint density at radius 2 is 2.41 bits per heavy atom. The maximum Gasteiger partial charge on any atom is 0.223 e. The fourth-order valence-electron chi connectivity index (χ4n) is 2.37. The van der Waals surface area contributed by atoms with Gasteiger partial charge in [-0.25, -0.2) is 4.98 Å². The maximum absolute atomic E-state index is 11.6. The molecule has 1 aromatic heterocycles. The van der Waals surface area contributed by atoms with Crippen molar-refractivity contribution in [1.82, 2.24) is 10.3 Å². The third-order valence-electron chi connectivity index (χ3n) is 3.50. The molecule has 1 atom stereocenters. The topological polar surface area (TPSA) is 45.2 Å². The zero-order chi connectivity index (χ0) is 11.7. The van der Waals surface area contributed by atoms with E-state index in [-0.39, 0.29) is 5.91 Å². The van der Waals surface area contributed by atoms with Crippen molar-refractivity contribution in [3.63, 3.8) is 0 Å². The van der Waals surface area contributed by atoms with Crippen molar-refractivity contribution < 1.29 is 4.79 Å². The monoisotopic (exact) mass is 251 g/mol. The molecule has 0 bridgehead atoms. The molecule has 0 unspecified atom stereocenters. The predicted molar refractivity (Wildman–Crippen MR) is 68.2 cm³/mol. The fraction of sp³-hybridized carbons (Fsp3) is 0.667. The number of carbonyl (C=O) groups excluding carboxylic acids is 1. The first kappa shape index (κ1) is 11.0. The minimum absolute atomic E-state index is 0.246. The second kappa shape index (κ2) is 4.64. The van der Waals surface area contributed by atoms with Crippen molar-refractivity contribution in [1.29, 1.82) is 0 Å². The van der Waals surface area contributed by atoms with Crippen molar-refractivity contribution in [2.45, 2.75) is 31.7 Å². The van der Waals surface area contributed by atoms with Gasteiger partial charge in [0.15, 0.2) is 5.13 Å². The Labute approximate surface area is 105 Å². The highest BCUT2D eigenvalue weighted by atomic mass is 32.1. The molecule has 1 saturated heterocycles. The lowest BCUT2D eigenvalue weighted by molar-refractivity contribution is -0.122. The van der Waals surface area contributed by atoms with E-state index in [1.807, 2.05) is 11.6 Å². The lowest BCUT2D eigenvalue weighted by Crippen LogP contribution is -2.40. The molecule has 0 spiro atoms. The summed E-state index contributed by atoms with van der Waals surface area (Å²) in [5.41, 5.74) is 0. The molecule has 5 heteroatoms. The van der Waals surface area contributed by atoms with Crippen LogP contribution in [-0.4, -0.2) is 30.0 Å². The summed E-state index contributed by atoms with van der Waals surface area (Å²) < 4.78 is 0. The Bertz CT molecular complexity index is 388. The van der Waals surface area contributed by atoms with Crippen molar-refractivity contribution in [3.8, 4) is 0 Å². The van der Waals surface area contributed by atoms with Crippen molar-refractivity contribution in [3.05, 3.63) is 11.6 Å². The predicted octanol–water partition coefficient (Wildman–Crippen LogP) is 1.64. The van der Waals surface area contributed by atoms with Crippen LogP contribution in [0.3, 0.4) is 0 Å². The van der Waals surface area contributed by atoms with Gasteiger partial charge in [-0.3, -0.25) is 4.79 Å². The average Bonchev–Trinajstić information content (AvgIpc) is 2.88. The highest BCUT2D eigenvalue weighted by molar-refractivity contribution is 7.13. The zero-order valence-electron chi connectivity index (χ0n) is 9.76. The van der Waals surface area contributed by atoms with E-state index in [0.29, 0.717) is 12.0 Å². The standard InChI is InChI=1S/C12H17N3OS/c16-11(9-3-4-9)14-8-10-2-1-6-15(10)12-13-5-7-17-12/h5,7,9-10H,1-4,6,8H2,(H,14,16)/t10-/m0/s1. The Morgan fingerprint density at radius 1 is 1.53 bits per heavy atom. The number of anilines is 1. The second-order valence-electron chi connectivity index (χ2n) is 4.82. The van der Waals surface area contributed by atoms with Gasteiger partial charge in [0, 0.05) is 36.6 Å². The number of aromatic nitrogens is 1. The zero-order valence-corrected chi connectivity index (χ0v) is 10.6. The average molecular weight is 251 g/mol. The molecule has 0 aromatic carbocycles. The summed E-state index contributed by atoms with van der Waals surface area (Å²) in [6.45, 7) is 1.84. The fourth-order valence-corrected chi connectivity index (χ4v) is 3.11. The Kier molecular flexibility index (Phi) is 3.01. The first-order valence-corrected chi connectivity index (χ1v) is 7.16. The number of hydrogen-bond donors (Lipinski definition) is 1. The Balaban J connectivity index is 1.56. The van der Waals surface area contributed by atoms with Crippen molar-refractivity contribution in [2.24, 2.45) is 5.92 Å². The maximum atomic E-state index is 11.6. The number of rotatable bonds is 4. The van der Waals surface area contributed by atoms with E-state index >= 15 is 0 Å². The van der Waals surface area contributed by atoms with Crippen LogP contribution >= 0.6 is 11.3 Å². The van der Waals surface area contributed by atoms with Gasteiger partial charge in [0.2, 0.25) is 5.91 Å². The highest BCUT2D eigenvalue weighted by Crippen LogP contribution is 2.29. The van der Waals surface area contributed by atoms with Gasteiger partial charge < -0.3 is 10.2 Å². The highest BCUT2D eigenvalue weighted by Gasteiger charge is 2.31. The second-order valence-corrected chi connectivity index (χ2v) is 5.70. The Hall–Kier alpha value is -1.10. The molecular formula is C12H17N3OS. The van der Waals surface area contributed by atoms with Gasteiger partial charge in [-0.2, -0.15) is 0 Å². The number of amides is 1. The van der Waals surface area contributed by atoms with Gasteiger partial charge in [-0.15, -0.1) is 11.3 Å². The third-order valence-corrected chi connectivity index (χ3v) is 4.31. The smallest absolute Gasteiger partial charge is 0.223 e. The van der Waals surface area contributed by atoms with Crippen molar-refractivity contribution in [2.75, 3.05) is 18.0 Å². The molecule has 17 heavy (non-hydrogen) atoms. The summed E-state index contributed by atoms with van der Waals surface area (Å²) in [5, 5.41) is 6.17. The van der Waals surface area contributed by atoms with Crippen LogP contribution in [0.1, 0.15) is 25.7 Å². The van der Waals surface area contributed by atoms with E-state index in [0.717, 1.165) is 37.5 Å². The van der Waals surface area contributed by atoms with Crippen LogP contribution in [0.25, 0.3) is 0 Å². The van der Waals surface area contributed by atoms with E-state index in [2.05, 4.69) is 15.2 Å². The van der Waals surface area contributed by atoms with Crippen LogP contribution in [0, 0.1) is 5.92 Å². The normalized spacial score (nSPS) is 24.0. The largest absolute Gasteiger partial charge is 0.354 e. The molecule has 92 valence electrons. The molecule has 1 N–H and O–H groups in total. The van der Waals surface area contributed by atoms with E-state index in [4.69, 9.17) is 0 Å². The molecule has 1 saturated carbocycles. The quantitative estimate of drug-likeness (QED) is 0.885. The molecule has 2 heterocycles. The van der Waals surface area contributed by atoms with E-state index in [1.54, 1.807) is 11.3 Å². The summed E-state index contributed by atoms with van der Waals surface area (Å²) in [6.07, 6.45) is 6.35. The molecule has 1 aromatic rings. The SMILES string of the molecule is O=C(NC[C@@H]1CCCN1c1nccs1)C1CC1. The summed E-state index contributed by atoms with van der Waals surface area (Å²) in [5.74, 6) is 0.556. The number of carbonyl (C=O) groups is 1. The minimum atomic E-state index is 0.246. The molecule has 4 nitrogen and oxygen atoms in total. The summed E-state index contributed by atoms with van der Waals surface area (Å²) in [7, 11) is 0. The van der Waals surface area contributed by atoms with E-state index in [9.17, 15) is 4.79 Å². The Morgan fingerprint density at radius 3 is 3.12 bits per heavy atom. The molecule has 1 aliphatic heterocycles. The molecule has 2 fully saturated rings. The first-order chi connectivity index (χ1) is 8.34. The number of nitrogens with one attached hydrogen (secondary N) is 1. The van der Waals surface area contributed by atoms with Crippen LogP contribution in [0.4, 0.5) is 5.13 Å². The van der Waals surface area contributed by atoms with Crippen molar-refractivity contribution >= 4 is 22.4 Å². The molecule has 3 rings (SSSR count). The van der Waals surface area contributed by atoms with Gasteiger partial charge in [0.05, 0.1) is 0 Å². The summed E-state index contributed by atoms with van der Waals surface area (Å²) >= 11 is 1.68. The third kappa shape index (κ3) is 2.44. The van der Waals surface area contributed by atoms with Crippen LogP contribution in [0.15, 0.2) is 11.6 Å². The first-order valence-electron chi connectivity index (χ1n) is 6.28.